The largest absolute Gasteiger partial charge is 0.506 e. The van der Waals surface area contributed by atoms with Crippen LogP contribution in [0.4, 0.5) is 5.69 Å². The summed E-state index contributed by atoms with van der Waals surface area (Å²) in [6.07, 6.45) is 0. The normalized spacial score (nSPS) is 8.91. The van der Waals surface area contributed by atoms with E-state index in [9.17, 15) is 0 Å². The molecule has 0 unspecified atom stereocenters. The minimum absolute atomic E-state index is 0. The molecule has 0 bridgehead atoms. The minimum atomic E-state index is -0.0523. The van der Waals surface area contributed by atoms with Crippen LogP contribution in [-0.2, 0) is 0 Å². The van der Waals surface area contributed by atoms with E-state index in [1.165, 1.54) is 12.1 Å². The van der Waals surface area contributed by atoms with Gasteiger partial charge in [0.1, 0.15) is 5.75 Å². The second-order valence-electron chi connectivity index (χ2n) is 1.83. The number of rotatable bonds is 0. The van der Waals surface area contributed by atoms with E-state index in [0.29, 0.717) is 10.7 Å². The number of hydrogen-bond acceptors (Lipinski definition) is 2. The summed E-state index contributed by atoms with van der Waals surface area (Å²) in [6.45, 7) is 0. The molecule has 0 spiro atoms. The zero-order valence-electron chi connectivity index (χ0n) is 5.34. The average Bonchev–Trinajstić information content (AvgIpc) is 1.84. The van der Waals surface area contributed by atoms with Crippen molar-refractivity contribution in [2.45, 2.75) is 0 Å². The maximum Gasteiger partial charge on any atom is 0.136 e. The lowest BCUT2D eigenvalue weighted by molar-refractivity contribution is 0.476. The van der Waals surface area contributed by atoms with Gasteiger partial charge in [0, 0.05) is 6.07 Å². The number of phenolic OH excluding ortho intramolecular Hbond substituents is 1. The third-order valence-corrected chi connectivity index (χ3v) is 1.70. The summed E-state index contributed by atoms with van der Waals surface area (Å²) in [7, 11) is 0. The molecule has 0 fully saturated rings. The van der Waals surface area contributed by atoms with E-state index >= 15 is 0 Å². The fourth-order valence-corrected chi connectivity index (χ4v) is 0.937. The Labute approximate surface area is 80.3 Å². The highest BCUT2D eigenvalue weighted by Crippen LogP contribution is 2.30. The molecule has 0 aromatic heterocycles. The van der Waals surface area contributed by atoms with Crippen LogP contribution < -0.4 is 5.73 Å². The van der Waals surface area contributed by atoms with E-state index in [1.807, 2.05) is 0 Å². The summed E-state index contributed by atoms with van der Waals surface area (Å²) in [5.41, 5.74) is 5.66. The predicted molar refractivity (Wildman–Crippen MR) is 49.8 cm³/mol. The van der Waals surface area contributed by atoms with Crippen molar-refractivity contribution in [1.82, 2.24) is 0 Å². The van der Waals surface area contributed by atoms with Crippen LogP contribution in [0.1, 0.15) is 0 Å². The van der Waals surface area contributed by atoms with Crippen LogP contribution in [0.3, 0.4) is 0 Å². The van der Waals surface area contributed by atoms with Crippen LogP contribution in [0, 0.1) is 0 Å². The van der Waals surface area contributed by atoms with Crippen LogP contribution in [-0.4, -0.2) is 5.11 Å². The SMILES string of the molecule is Cl.Nc1cc(O)c(Cl)cc1Cl. The highest BCUT2D eigenvalue weighted by atomic mass is 35.5. The van der Waals surface area contributed by atoms with E-state index in [2.05, 4.69) is 0 Å². The molecule has 3 N–H and O–H groups in total. The first-order chi connectivity index (χ1) is 4.61. The molecule has 0 aliphatic rings. The van der Waals surface area contributed by atoms with Crippen molar-refractivity contribution >= 4 is 41.3 Å². The van der Waals surface area contributed by atoms with Gasteiger partial charge in [-0.15, -0.1) is 12.4 Å². The fourth-order valence-electron chi connectivity index (χ4n) is 0.554. The van der Waals surface area contributed by atoms with Gasteiger partial charge in [0.25, 0.3) is 0 Å². The first kappa shape index (κ1) is 10.7. The van der Waals surface area contributed by atoms with Crippen molar-refractivity contribution in [3.63, 3.8) is 0 Å². The molecule has 0 saturated heterocycles. The second-order valence-corrected chi connectivity index (χ2v) is 2.64. The summed E-state index contributed by atoms with van der Waals surface area (Å²) in [4.78, 5) is 0. The van der Waals surface area contributed by atoms with E-state index in [0.717, 1.165) is 0 Å². The van der Waals surface area contributed by atoms with Gasteiger partial charge in [-0.3, -0.25) is 0 Å². The van der Waals surface area contributed by atoms with Gasteiger partial charge < -0.3 is 10.8 Å². The molecule has 0 heterocycles. The number of benzene rings is 1. The number of phenols is 1. The first-order valence-corrected chi connectivity index (χ1v) is 3.30. The monoisotopic (exact) mass is 213 g/mol. The number of hydrogen-bond donors (Lipinski definition) is 2. The summed E-state index contributed by atoms with van der Waals surface area (Å²) in [5.74, 6) is -0.0523. The molecule has 2 nitrogen and oxygen atoms in total. The smallest absolute Gasteiger partial charge is 0.136 e. The number of halogens is 3. The Morgan fingerprint density at radius 3 is 2.18 bits per heavy atom. The Hall–Kier alpha value is -0.310. The van der Waals surface area contributed by atoms with Gasteiger partial charge in [0.15, 0.2) is 0 Å². The van der Waals surface area contributed by atoms with Crippen LogP contribution >= 0.6 is 35.6 Å². The molecule has 0 saturated carbocycles. The molecule has 0 amide bonds. The molecule has 1 rings (SSSR count). The van der Waals surface area contributed by atoms with Gasteiger partial charge >= 0.3 is 0 Å². The van der Waals surface area contributed by atoms with Crippen molar-refractivity contribution in [2.75, 3.05) is 5.73 Å². The molecule has 0 aliphatic carbocycles. The van der Waals surface area contributed by atoms with Crippen LogP contribution in [0.2, 0.25) is 10.0 Å². The quantitative estimate of drug-likeness (QED) is 0.652. The van der Waals surface area contributed by atoms with Crippen molar-refractivity contribution in [3.05, 3.63) is 22.2 Å². The van der Waals surface area contributed by atoms with E-state index < -0.39 is 0 Å². The Morgan fingerprint density at radius 2 is 1.73 bits per heavy atom. The van der Waals surface area contributed by atoms with Crippen LogP contribution in [0.5, 0.6) is 5.75 Å². The van der Waals surface area contributed by atoms with Crippen molar-refractivity contribution < 1.29 is 5.11 Å². The third-order valence-electron chi connectivity index (χ3n) is 1.07. The molecule has 11 heavy (non-hydrogen) atoms. The highest BCUT2D eigenvalue weighted by Gasteiger charge is 2.01. The molecule has 0 atom stereocenters. The third kappa shape index (κ3) is 2.33. The van der Waals surface area contributed by atoms with Gasteiger partial charge in [-0.2, -0.15) is 0 Å². The highest BCUT2D eigenvalue weighted by molar-refractivity contribution is 6.37. The molecule has 62 valence electrons. The van der Waals surface area contributed by atoms with Crippen LogP contribution in [0.15, 0.2) is 12.1 Å². The molecule has 1 aromatic rings. The van der Waals surface area contributed by atoms with Crippen molar-refractivity contribution in [3.8, 4) is 5.75 Å². The van der Waals surface area contributed by atoms with Gasteiger partial charge in [0.05, 0.1) is 15.7 Å². The van der Waals surface area contributed by atoms with E-state index in [-0.39, 0.29) is 23.2 Å². The zero-order chi connectivity index (χ0) is 7.72. The topological polar surface area (TPSA) is 46.2 Å². The lowest BCUT2D eigenvalue weighted by Gasteiger charge is -1.99. The first-order valence-electron chi connectivity index (χ1n) is 2.54. The summed E-state index contributed by atoms with van der Waals surface area (Å²) < 4.78 is 0. The lowest BCUT2D eigenvalue weighted by atomic mass is 10.3. The molecule has 5 heteroatoms. The number of anilines is 1. The van der Waals surface area contributed by atoms with Crippen LogP contribution in [0.25, 0.3) is 0 Å². The minimum Gasteiger partial charge on any atom is -0.506 e. The molecular weight excluding hydrogens is 208 g/mol. The summed E-state index contributed by atoms with van der Waals surface area (Å²) in [5, 5.41) is 9.51. The zero-order valence-corrected chi connectivity index (χ0v) is 7.67. The van der Waals surface area contributed by atoms with Crippen molar-refractivity contribution in [1.29, 1.82) is 0 Å². The van der Waals surface area contributed by atoms with Gasteiger partial charge in [-0.05, 0) is 6.07 Å². The molecule has 0 radical (unpaired) electrons. The summed E-state index contributed by atoms with van der Waals surface area (Å²) in [6, 6.07) is 2.71. The van der Waals surface area contributed by atoms with Gasteiger partial charge in [-0.25, -0.2) is 0 Å². The Balaban J connectivity index is 0.000001000. The number of aromatic hydroxyl groups is 1. The second kappa shape index (κ2) is 3.90. The average molecular weight is 214 g/mol. The van der Waals surface area contributed by atoms with Crippen molar-refractivity contribution in [2.24, 2.45) is 0 Å². The van der Waals surface area contributed by atoms with Gasteiger partial charge in [-0.1, -0.05) is 23.2 Å². The predicted octanol–water partition coefficient (Wildman–Crippen LogP) is 2.70. The lowest BCUT2D eigenvalue weighted by Crippen LogP contribution is -1.85. The Bertz CT molecular complexity index is 214. The molecule has 1 aromatic carbocycles. The van der Waals surface area contributed by atoms with E-state index in [1.54, 1.807) is 0 Å². The fraction of sp³-hybridized carbons (Fsp3) is 0. The van der Waals surface area contributed by atoms with Gasteiger partial charge in [0.2, 0.25) is 0 Å². The standard InChI is InChI=1S/C6H5Cl2NO.ClH/c7-3-1-4(8)6(10)2-5(3)9;/h1-2,10H,9H2;1H. The number of nitrogens with two attached hydrogens (primary N) is 1. The Morgan fingerprint density at radius 1 is 1.18 bits per heavy atom. The maximum atomic E-state index is 8.95. The number of nitrogen functional groups attached to an aromatic ring is 1. The van der Waals surface area contributed by atoms with E-state index in [4.69, 9.17) is 34.0 Å². The Kier molecular flexibility index (Phi) is 3.79. The summed E-state index contributed by atoms with van der Waals surface area (Å²) >= 11 is 11.1. The molecule has 0 aliphatic heterocycles. The molecular formula is C6H6Cl3NO. The maximum absolute atomic E-state index is 8.95.